The van der Waals surface area contributed by atoms with E-state index in [0.717, 1.165) is 26.1 Å². The molecule has 4 nitrogen and oxygen atoms in total. The zero-order chi connectivity index (χ0) is 11.6. The van der Waals surface area contributed by atoms with Crippen molar-refractivity contribution in [2.24, 2.45) is 0 Å². The van der Waals surface area contributed by atoms with E-state index in [9.17, 15) is 4.79 Å². The van der Waals surface area contributed by atoms with Crippen molar-refractivity contribution >= 4 is 17.7 Å². The van der Waals surface area contributed by atoms with E-state index in [0.29, 0.717) is 6.54 Å². The minimum Gasteiger partial charge on any atom is -0.355 e. The lowest BCUT2D eigenvalue weighted by Gasteiger charge is -2.25. The predicted molar refractivity (Wildman–Crippen MR) is 69.9 cm³/mol. The van der Waals surface area contributed by atoms with Crippen LogP contribution in [0.25, 0.3) is 0 Å². The molecule has 0 radical (unpaired) electrons. The van der Waals surface area contributed by atoms with Crippen molar-refractivity contribution in [3.63, 3.8) is 0 Å². The minimum atomic E-state index is 0.107. The van der Waals surface area contributed by atoms with E-state index in [1.54, 1.807) is 0 Å². The molecule has 1 aliphatic rings. The summed E-state index contributed by atoms with van der Waals surface area (Å²) in [5, 5.41) is 6.03. The number of hydrogen-bond acceptors (Lipinski definition) is 4. The maximum atomic E-state index is 11.3. The van der Waals surface area contributed by atoms with Gasteiger partial charge in [0.25, 0.3) is 0 Å². The number of nitrogens with zero attached hydrogens (tertiary/aromatic N) is 1. The molecule has 0 aliphatic carbocycles. The van der Waals surface area contributed by atoms with Gasteiger partial charge in [-0.25, -0.2) is 0 Å². The van der Waals surface area contributed by atoms with Gasteiger partial charge in [0.15, 0.2) is 0 Å². The Labute approximate surface area is 103 Å². The molecule has 2 N–H and O–H groups in total. The number of carbonyl (C=O) groups excluding carboxylic acids is 1. The second kappa shape index (κ2) is 8.84. The number of amides is 1. The van der Waals surface area contributed by atoms with Gasteiger partial charge in [-0.2, -0.15) is 11.8 Å². The second-order valence-corrected chi connectivity index (χ2v) is 5.21. The average Bonchev–Trinajstić information content (AvgIpc) is 2.33. The van der Waals surface area contributed by atoms with Crippen LogP contribution in [-0.4, -0.2) is 61.6 Å². The third-order valence-electron chi connectivity index (χ3n) is 2.57. The minimum absolute atomic E-state index is 0.107. The van der Waals surface area contributed by atoms with Crippen molar-refractivity contribution < 1.29 is 4.79 Å². The molecule has 1 heterocycles. The van der Waals surface area contributed by atoms with Gasteiger partial charge < -0.3 is 15.5 Å². The lowest BCUT2D eigenvalue weighted by molar-refractivity contribution is -0.120. The van der Waals surface area contributed by atoms with Gasteiger partial charge in [0.1, 0.15) is 0 Å². The zero-order valence-corrected chi connectivity index (χ0v) is 10.9. The third-order valence-corrected chi connectivity index (χ3v) is 3.51. The molecule has 0 bridgehead atoms. The molecule has 0 saturated carbocycles. The van der Waals surface area contributed by atoms with Crippen LogP contribution in [0.1, 0.15) is 13.3 Å². The van der Waals surface area contributed by atoms with Gasteiger partial charge in [-0.05, 0) is 6.42 Å². The van der Waals surface area contributed by atoms with Gasteiger partial charge in [-0.1, -0.05) is 6.92 Å². The topological polar surface area (TPSA) is 44.4 Å². The fourth-order valence-electron chi connectivity index (χ4n) is 1.59. The molecular formula is C11H23N3OS. The first-order valence-corrected chi connectivity index (χ1v) is 7.26. The monoisotopic (exact) mass is 245 g/mol. The Balaban J connectivity index is 1.92. The number of thioether (sulfide) groups is 1. The highest BCUT2D eigenvalue weighted by atomic mass is 32.2. The van der Waals surface area contributed by atoms with Gasteiger partial charge in [0, 0.05) is 44.2 Å². The molecular weight excluding hydrogens is 222 g/mol. The van der Waals surface area contributed by atoms with Crippen LogP contribution in [-0.2, 0) is 4.79 Å². The first-order valence-electron chi connectivity index (χ1n) is 6.10. The normalized spacial score (nSPS) is 17.3. The fourth-order valence-corrected chi connectivity index (χ4v) is 2.57. The van der Waals surface area contributed by atoms with Crippen molar-refractivity contribution in [2.45, 2.75) is 13.3 Å². The molecule has 1 aliphatic heterocycles. The highest BCUT2D eigenvalue weighted by Crippen LogP contribution is 2.07. The van der Waals surface area contributed by atoms with E-state index in [1.165, 1.54) is 24.6 Å². The lowest BCUT2D eigenvalue weighted by Crippen LogP contribution is -2.40. The van der Waals surface area contributed by atoms with Crippen LogP contribution in [0.15, 0.2) is 0 Å². The van der Waals surface area contributed by atoms with Crippen LogP contribution in [0.4, 0.5) is 0 Å². The Kier molecular flexibility index (Phi) is 7.63. The summed E-state index contributed by atoms with van der Waals surface area (Å²) in [6.07, 6.45) is 0.997. The van der Waals surface area contributed by atoms with Crippen molar-refractivity contribution in [3.05, 3.63) is 0 Å². The smallest absolute Gasteiger partial charge is 0.233 e. The molecule has 1 rings (SSSR count). The SMILES string of the molecule is CCCNC(=O)CNCCN1CCSCC1. The van der Waals surface area contributed by atoms with Crippen LogP contribution < -0.4 is 10.6 Å². The second-order valence-electron chi connectivity index (χ2n) is 3.98. The van der Waals surface area contributed by atoms with Crippen LogP contribution in [0.5, 0.6) is 0 Å². The maximum Gasteiger partial charge on any atom is 0.233 e. The van der Waals surface area contributed by atoms with Crippen LogP contribution >= 0.6 is 11.8 Å². The molecule has 0 spiro atoms. The number of carbonyl (C=O) groups is 1. The summed E-state index contributed by atoms with van der Waals surface area (Å²) < 4.78 is 0. The maximum absolute atomic E-state index is 11.3. The molecule has 94 valence electrons. The summed E-state index contributed by atoms with van der Waals surface area (Å²) in [6, 6.07) is 0. The van der Waals surface area contributed by atoms with Gasteiger partial charge in [-0.15, -0.1) is 0 Å². The highest BCUT2D eigenvalue weighted by molar-refractivity contribution is 7.99. The van der Waals surface area contributed by atoms with E-state index >= 15 is 0 Å². The molecule has 1 saturated heterocycles. The first kappa shape index (κ1) is 13.8. The lowest BCUT2D eigenvalue weighted by atomic mass is 10.4. The summed E-state index contributed by atoms with van der Waals surface area (Å²) >= 11 is 2.03. The Hall–Kier alpha value is -0.260. The van der Waals surface area contributed by atoms with Gasteiger partial charge >= 0.3 is 0 Å². The molecule has 16 heavy (non-hydrogen) atoms. The molecule has 5 heteroatoms. The van der Waals surface area contributed by atoms with Crippen LogP contribution in [0, 0.1) is 0 Å². The van der Waals surface area contributed by atoms with Crippen molar-refractivity contribution in [1.29, 1.82) is 0 Å². The standard InChI is InChI=1S/C11H23N3OS/c1-2-3-13-11(15)10-12-4-5-14-6-8-16-9-7-14/h12H,2-10H2,1H3,(H,13,15). The molecule has 0 aromatic heterocycles. The molecule has 1 amide bonds. The number of nitrogens with one attached hydrogen (secondary N) is 2. The Morgan fingerprint density at radius 1 is 1.31 bits per heavy atom. The molecule has 1 fully saturated rings. The van der Waals surface area contributed by atoms with Gasteiger partial charge in [0.2, 0.25) is 5.91 Å². The van der Waals surface area contributed by atoms with Gasteiger partial charge in [0.05, 0.1) is 6.54 Å². The Bertz CT molecular complexity index is 196. The molecule has 0 atom stereocenters. The molecule has 0 unspecified atom stereocenters. The van der Waals surface area contributed by atoms with Crippen LogP contribution in [0.3, 0.4) is 0 Å². The average molecular weight is 245 g/mol. The van der Waals surface area contributed by atoms with Crippen molar-refractivity contribution in [3.8, 4) is 0 Å². The Morgan fingerprint density at radius 2 is 2.06 bits per heavy atom. The van der Waals surface area contributed by atoms with E-state index in [2.05, 4.69) is 22.5 Å². The van der Waals surface area contributed by atoms with Crippen LogP contribution in [0.2, 0.25) is 0 Å². The summed E-state index contributed by atoms with van der Waals surface area (Å²) in [5.41, 5.74) is 0. The van der Waals surface area contributed by atoms with Gasteiger partial charge in [-0.3, -0.25) is 4.79 Å². The third kappa shape index (κ3) is 6.35. The van der Waals surface area contributed by atoms with Crippen molar-refractivity contribution in [1.82, 2.24) is 15.5 Å². The summed E-state index contributed by atoms with van der Waals surface area (Å²) in [7, 11) is 0. The van der Waals surface area contributed by atoms with E-state index < -0.39 is 0 Å². The number of hydrogen-bond donors (Lipinski definition) is 2. The summed E-state index contributed by atoms with van der Waals surface area (Å²) in [5.74, 6) is 2.60. The predicted octanol–water partition coefficient (Wildman–Crippen LogP) is 0.151. The van der Waals surface area contributed by atoms with E-state index in [4.69, 9.17) is 0 Å². The first-order chi connectivity index (χ1) is 7.83. The van der Waals surface area contributed by atoms with E-state index in [-0.39, 0.29) is 5.91 Å². The zero-order valence-electron chi connectivity index (χ0n) is 10.1. The van der Waals surface area contributed by atoms with E-state index in [1.807, 2.05) is 11.8 Å². The largest absolute Gasteiger partial charge is 0.355 e. The summed E-state index contributed by atoms with van der Waals surface area (Å²) in [4.78, 5) is 13.7. The highest BCUT2D eigenvalue weighted by Gasteiger charge is 2.09. The van der Waals surface area contributed by atoms with Crippen molar-refractivity contribution in [2.75, 3.05) is 50.8 Å². The Morgan fingerprint density at radius 3 is 2.75 bits per heavy atom. The molecule has 0 aromatic carbocycles. The fraction of sp³-hybridized carbons (Fsp3) is 0.909. The quantitative estimate of drug-likeness (QED) is 0.627. The molecule has 0 aromatic rings. The number of rotatable bonds is 7. The summed E-state index contributed by atoms with van der Waals surface area (Å²) in [6.45, 7) is 7.63.